The lowest BCUT2D eigenvalue weighted by Crippen LogP contribution is -2.19. The number of thioether (sulfide) groups is 1. The molecule has 0 saturated heterocycles. The first-order valence-electron chi connectivity index (χ1n) is 2.99. The first-order chi connectivity index (χ1) is 4.74. The van der Waals surface area contributed by atoms with Gasteiger partial charge in [0.2, 0.25) is 0 Å². The molecule has 10 heavy (non-hydrogen) atoms. The van der Waals surface area contributed by atoms with Crippen molar-refractivity contribution in [2.24, 2.45) is 4.99 Å². The van der Waals surface area contributed by atoms with Crippen molar-refractivity contribution in [3.63, 3.8) is 0 Å². The number of esters is 1. The van der Waals surface area contributed by atoms with Crippen LogP contribution in [0.15, 0.2) is 4.99 Å². The molecular weight excluding hydrogens is 150 g/mol. The number of hydrogen-bond donors (Lipinski definition) is 0. The van der Waals surface area contributed by atoms with E-state index in [4.69, 9.17) is 0 Å². The highest BCUT2D eigenvalue weighted by Gasteiger charge is 2.24. The van der Waals surface area contributed by atoms with Gasteiger partial charge in [0.1, 0.15) is 5.25 Å². The average Bonchev–Trinajstić information content (AvgIpc) is 2.34. The molecule has 0 aliphatic carbocycles. The second kappa shape index (κ2) is 3.05. The molecule has 56 valence electrons. The normalized spacial score (nSPS) is 24.2. The number of nitrogens with zero attached hydrogens (tertiary/aromatic N) is 1. The summed E-state index contributed by atoms with van der Waals surface area (Å²) in [4.78, 5) is 14.9. The number of carbonyl (C=O) groups excluding carboxylic acids is 1. The fraction of sp³-hybridized carbons (Fsp3) is 0.667. The summed E-state index contributed by atoms with van der Waals surface area (Å²) < 4.78 is 4.55. The van der Waals surface area contributed by atoms with E-state index in [1.807, 2.05) is 6.92 Å². The zero-order valence-electron chi connectivity index (χ0n) is 5.96. The number of ether oxygens (including phenoxy) is 1. The summed E-state index contributed by atoms with van der Waals surface area (Å²) in [6.45, 7) is 2.47. The fourth-order valence-corrected chi connectivity index (χ4v) is 1.65. The average molecular weight is 159 g/mol. The summed E-state index contributed by atoms with van der Waals surface area (Å²) in [5.41, 5.74) is 0. The predicted molar refractivity (Wildman–Crippen MR) is 41.4 cm³/mol. The van der Waals surface area contributed by atoms with Crippen LogP contribution in [0.2, 0.25) is 0 Å². The number of hydrogen-bond acceptors (Lipinski definition) is 4. The molecule has 0 fully saturated rings. The van der Waals surface area contributed by atoms with Crippen molar-refractivity contribution < 1.29 is 9.53 Å². The van der Waals surface area contributed by atoms with Gasteiger partial charge in [-0.15, -0.1) is 0 Å². The van der Waals surface area contributed by atoms with E-state index in [0.29, 0.717) is 6.54 Å². The third-order valence-corrected chi connectivity index (χ3v) is 2.35. The van der Waals surface area contributed by atoms with Crippen LogP contribution in [0.5, 0.6) is 0 Å². The number of carbonyl (C=O) groups is 1. The summed E-state index contributed by atoms with van der Waals surface area (Å²) in [6, 6.07) is 0. The maximum atomic E-state index is 10.8. The molecule has 1 rings (SSSR count). The molecule has 0 aromatic carbocycles. The second-order valence-electron chi connectivity index (χ2n) is 1.99. The minimum Gasteiger partial charge on any atom is -0.468 e. The van der Waals surface area contributed by atoms with Crippen LogP contribution in [0.1, 0.15) is 6.92 Å². The molecule has 1 unspecified atom stereocenters. The van der Waals surface area contributed by atoms with E-state index >= 15 is 0 Å². The van der Waals surface area contributed by atoms with Gasteiger partial charge in [-0.3, -0.25) is 9.79 Å². The highest BCUT2D eigenvalue weighted by molar-refractivity contribution is 8.15. The molecule has 1 atom stereocenters. The molecule has 0 saturated carbocycles. The van der Waals surface area contributed by atoms with E-state index in [0.717, 1.165) is 5.04 Å². The molecule has 0 spiro atoms. The van der Waals surface area contributed by atoms with Crippen LogP contribution in [0.4, 0.5) is 0 Å². The van der Waals surface area contributed by atoms with Gasteiger partial charge in [-0.05, 0) is 6.92 Å². The van der Waals surface area contributed by atoms with Crippen molar-refractivity contribution in [2.75, 3.05) is 13.7 Å². The fourth-order valence-electron chi connectivity index (χ4n) is 0.746. The van der Waals surface area contributed by atoms with Crippen molar-refractivity contribution >= 4 is 22.8 Å². The summed E-state index contributed by atoms with van der Waals surface area (Å²) in [5.74, 6) is -0.175. The number of rotatable bonds is 1. The van der Waals surface area contributed by atoms with Crippen molar-refractivity contribution in [2.45, 2.75) is 12.2 Å². The van der Waals surface area contributed by atoms with Gasteiger partial charge in [-0.25, -0.2) is 0 Å². The molecular formula is C6H9NO2S. The maximum Gasteiger partial charge on any atom is 0.321 e. The molecule has 3 nitrogen and oxygen atoms in total. The number of aliphatic imine (C=N–C) groups is 1. The van der Waals surface area contributed by atoms with Crippen molar-refractivity contribution in [1.29, 1.82) is 0 Å². The molecule has 0 N–H and O–H groups in total. The zero-order chi connectivity index (χ0) is 7.56. The first kappa shape index (κ1) is 7.60. The topological polar surface area (TPSA) is 38.7 Å². The predicted octanol–water partition coefficient (Wildman–Crippen LogP) is 0.693. The van der Waals surface area contributed by atoms with Crippen LogP contribution < -0.4 is 0 Å². The Morgan fingerprint density at radius 2 is 2.60 bits per heavy atom. The van der Waals surface area contributed by atoms with Crippen LogP contribution in [-0.4, -0.2) is 29.9 Å². The standard InChI is InChI=1S/C6H9NO2S/c1-4-7-3-5(10-4)6(8)9-2/h5H,3H2,1-2H3. The lowest BCUT2D eigenvalue weighted by Gasteiger charge is -2.02. The quantitative estimate of drug-likeness (QED) is 0.528. The molecule has 0 radical (unpaired) electrons. The van der Waals surface area contributed by atoms with Gasteiger partial charge in [0.05, 0.1) is 18.7 Å². The highest BCUT2D eigenvalue weighted by Crippen LogP contribution is 2.21. The van der Waals surface area contributed by atoms with Gasteiger partial charge in [0.25, 0.3) is 0 Å². The molecule has 1 aliphatic heterocycles. The van der Waals surface area contributed by atoms with Gasteiger partial charge >= 0.3 is 5.97 Å². The van der Waals surface area contributed by atoms with E-state index in [2.05, 4.69) is 9.73 Å². The van der Waals surface area contributed by atoms with E-state index in [9.17, 15) is 4.79 Å². The van der Waals surface area contributed by atoms with Gasteiger partial charge in [-0.1, -0.05) is 11.8 Å². The zero-order valence-corrected chi connectivity index (χ0v) is 6.77. The van der Waals surface area contributed by atoms with Crippen LogP contribution in [0.3, 0.4) is 0 Å². The molecule has 0 amide bonds. The second-order valence-corrected chi connectivity index (χ2v) is 3.38. The molecule has 1 heterocycles. The molecule has 0 aromatic heterocycles. The van der Waals surface area contributed by atoms with Crippen LogP contribution in [0.25, 0.3) is 0 Å². The van der Waals surface area contributed by atoms with Crippen molar-refractivity contribution in [3.8, 4) is 0 Å². The maximum absolute atomic E-state index is 10.8. The Kier molecular flexibility index (Phi) is 2.32. The first-order valence-corrected chi connectivity index (χ1v) is 3.87. The van der Waals surface area contributed by atoms with E-state index in [1.165, 1.54) is 18.9 Å². The summed E-state index contributed by atoms with van der Waals surface area (Å²) in [7, 11) is 1.40. The lowest BCUT2D eigenvalue weighted by molar-refractivity contribution is -0.139. The minimum absolute atomic E-state index is 0.0926. The van der Waals surface area contributed by atoms with Crippen LogP contribution in [-0.2, 0) is 9.53 Å². The summed E-state index contributed by atoms with van der Waals surface area (Å²) in [6.07, 6.45) is 0. The van der Waals surface area contributed by atoms with Gasteiger partial charge < -0.3 is 4.74 Å². The van der Waals surface area contributed by atoms with Crippen molar-refractivity contribution in [1.82, 2.24) is 0 Å². The highest BCUT2D eigenvalue weighted by atomic mass is 32.2. The van der Waals surface area contributed by atoms with E-state index in [1.54, 1.807) is 0 Å². The summed E-state index contributed by atoms with van der Waals surface area (Å²) >= 11 is 1.47. The lowest BCUT2D eigenvalue weighted by atomic mass is 10.4. The molecule has 1 aliphatic rings. The Bertz CT molecular complexity index is 179. The minimum atomic E-state index is -0.175. The third-order valence-electron chi connectivity index (χ3n) is 1.26. The van der Waals surface area contributed by atoms with Crippen LogP contribution >= 0.6 is 11.8 Å². The van der Waals surface area contributed by atoms with Crippen molar-refractivity contribution in [3.05, 3.63) is 0 Å². The van der Waals surface area contributed by atoms with Gasteiger partial charge in [-0.2, -0.15) is 0 Å². The Labute approximate surface area is 63.9 Å². The summed E-state index contributed by atoms with van der Waals surface area (Å²) in [5, 5.41) is 0.875. The Balaban J connectivity index is 2.42. The van der Waals surface area contributed by atoms with Gasteiger partial charge in [0.15, 0.2) is 0 Å². The van der Waals surface area contributed by atoms with Gasteiger partial charge in [0, 0.05) is 0 Å². The molecule has 0 bridgehead atoms. The number of methoxy groups -OCH3 is 1. The van der Waals surface area contributed by atoms with E-state index < -0.39 is 0 Å². The SMILES string of the molecule is COC(=O)C1CN=C(C)S1. The monoisotopic (exact) mass is 159 g/mol. The molecule has 4 heteroatoms. The Morgan fingerprint density at radius 1 is 1.90 bits per heavy atom. The largest absolute Gasteiger partial charge is 0.468 e. The van der Waals surface area contributed by atoms with Crippen LogP contribution in [0, 0.1) is 0 Å². The Hall–Kier alpha value is -0.510. The van der Waals surface area contributed by atoms with E-state index in [-0.39, 0.29) is 11.2 Å². The third kappa shape index (κ3) is 1.50. The molecule has 0 aromatic rings. The Morgan fingerprint density at radius 3 is 3.00 bits per heavy atom. The smallest absolute Gasteiger partial charge is 0.321 e.